The van der Waals surface area contributed by atoms with Gasteiger partial charge in [0, 0.05) is 6.04 Å². The van der Waals surface area contributed by atoms with Crippen LogP contribution < -0.4 is 9.64 Å². The minimum absolute atomic E-state index is 0.144. The Morgan fingerprint density at radius 1 is 0.969 bits per heavy atom. The summed E-state index contributed by atoms with van der Waals surface area (Å²) in [4.78, 5) is 27.6. The molecule has 1 aliphatic heterocycles. The lowest BCUT2D eigenvalue weighted by Crippen LogP contribution is -2.51. The highest BCUT2D eigenvalue weighted by molar-refractivity contribution is 7.89. The molecule has 1 atom stereocenters. The molecule has 2 amide bonds. The maximum Gasteiger partial charge on any atom is 0.252 e. The Kier molecular flexibility index (Phi) is 6.62. The minimum Gasteiger partial charge on any atom is -0.494 e. The minimum atomic E-state index is -3.95. The van der Waals surface area contributed by atoms with Gasteiger partial charge in [-0.3, -0.25) is 9.59 Å². The molecule has 0 aromatic heterocycles. The SMILES string of the molecule is CCOc1ccc(N2C(=O)CC(N(C3CCCCC3)S(=O)(=O)c3ccccc3)C2=O)cc1. The van der Waals surface area contributed by atoms with Crippen LogP contribution >= 0.6 is 0 Å². The number of amides is 2. The normalized spacial score (nSPS) is 20.2. The molecule has 170 valence electrons. The van der Waals surface area contributed by atoms with Crippen molar-refractivity contribution < 1.29 is 22.7 Å². The first-order valence-corrected chi connectivity index (χ1v) is 12.6. The fourth-order valence-electron chi connectivity index (χ4n) is 4.61. The molecule has 32 heavy (non-hydrogen) atoms. The van der Waals surface area contributed by atoms with Crippen LogP contribution in [0.5, 0.6) is 5.75 Å². The highest BCUT2D eigenvalue weighted by Crippen LogP contribution is 2.35. The molecule has 0 spiro atoms. The van der Waals surface area contributed by atoms with Crippen molar-refractivity contribution in [1.82, 2.24) is 4.31 Å². The summed E-state index contributed by atoms with van der Waals surface area (Å²) in [5, 5.41) is 0. The maximum atomic E-state index is 13.7. The monoisotopic (exact) mass is 456 g/mol. The zero-order chi connectivity index (χ0) is 22.7. The molecule has 0 radical (unpaired) electrons. The molecule has 1 heterocycles. The topological polar surface area (TPSA) is 84.0 Å². The van der Waals surface area contributed by atoms with Gasteiger partial charge in [-0.25, -0.2) is 13.3 Å². The van der Waals surface area contributed by atoms with Gasteiger partial charge in [-0.05, 0) is 56.2 Å². The molecule has 2 aromatic carbocycles. The smallest absolute Gasteiger partial charge is 0.252 e. The number of benzene rings is 2. The van der Waals surface area contributed by atoms with Crippen molar-refractivity contribution in [2.24, 2.45) is 0 Å². The zero-order valence-corrected chi connectivity index (χ0v) is 19.0. The van der Waals surface area contributed by atoms with Crippen molar-refractivity contribution in [1.29, 1.82) is 0 Å². The van der Waals surface area contributed by atoms with E-state index in [4.69, 9.17) is 4.74 Å². The Bertz CT molecular complexity index is 1060. The molecular formula is C24H28N2O5S. The van der Waals surface area contributed by atoms with Gasteiger partial charge in [0.25, 0.3) is 5.91 Å². The van der Waals surface area contributed by atoms with Crippen molar-refractivity contribution in [2.45, 2.75) is 62.4 Å². The maximum absolute atomic E-state index is 13.7. The average Bonchev–Trinajstić information content (AvgIpc) is 3.09. The highest BCUT2D eigenvalue weighted by Gasteiger charge is 2.49. The van der Waals surface area contributed by atoms with E-state index >= 15 is 0 Å². The molecule has 8 heteroatoms. The quantitative estimate of drug-likeness (QED) is 0.593. The van der Waals surface area contributed by atoms with Crippen LogP contribution in [0.1, 0.15) is 45.4 Å². The molecule has 4 rings (SSSR count). The Balaban J connectivity index is 1.68. The van der Waals surface area contributed by atoms with Crippen molar-refractivity contribution >= 4 is 27.5 Å². The number of carbonyl (C=O) groups is 2. The van der Waals surface area contributed by atoms with Gasteiger partial charge in [-0.1, -0.05) is 37.5 Å². The average molecular weight is 457 g/mol. The third-order valence-electron chi connectivity index (χ3n) is 6.09. The Morgan fingerprint density at radius 3 is 2.25 bits per heavy atom. The predicted octanol–water partition coefficient (Wildman–Crippen LogP) is 3.74. The molecule has 1 saturated heterocycles. The molecule has 0 bridgehead atoms. The van der Waals surface area contributed by atoms with Gasteiger partial charge in [0.2, 0.25) is 15.9 Å². The van der Waals surface area contributed by atoms with Crippen molar-refractivity contribution in [2.75, 3.05) is 11.5 Å². The summed E-state index contributed by atoms with van der Waals surface area (Å²) in [6.07, 6.45) is 4.08. The van der Waals surface area contributed by atoms with Gasteiger partial charge in [-0.2, -0.15) is 4.31 Å². The molecule has 2 aliphatic rings. The number of nitrogens with zero attached hydrogens (tertiary/aromatic N) is 2. The number of sulfonamides is 1. The van der Waals surface area contributed by atoms with Gasteiger partial charge >= 0.3 is 0 Å². The summed E-state index contributed by atoms with van der Waals surface area (Å²) in [6, 6.07) is 13.5. The Labute approximate surface area is 189 Å². The number of anilines is 1. The summed E-state index contributed by atoms with van der Waals surface area (Å²) in [5.74, 6) is -0.250. The largest absolute Gasteiger partial charge is 0.494 e. The van der Waals surface area contributed by atoms with Gasteiger partial charge in [0.05, 0.1) is 23.6 Å². The van der Waals surface area contributed by atoms with Crippen LogP contribution in [0.3, 0.4) is 0 Å². The zero-order valence-electron chi connectivity index (χ0n) is 18.1. The number of ether oxygens (including phenoxy) is 1. The summed E-state index contributed by atoms with van der Waals surface area (Å²) < 4.78 is 34.1. The van der Waals surface area contributed by atoms with E-state index in [1.54, 1.807) is 42.5 Å². The first kappa shape index (κ1) is 22.5. The van der Waals surface area contributed by atoms with Crippen LogP contribution in [0.4, 0.5) is 5.69 Å². The van der Waals surface area contributed by atoms with Crippen molar-refractivity contribution in [3.05, 3.63) is 54.6 Å². The van der Waals surface area contributed by atoms with Crippen LogP contribution in [-0.2, 0) is 19.6 Å². The van der Waals surface area contributed by atoms with Crippen LogP contribution in [0.15, 0.2) is 59.5 Å². The fourth-order valence-corrected chi connectivity index (χ4v) is 6.46. The first-order chi connectivity index (χ1) is 15.4. The summed E-state index contributed by atoms with van der Waals surface area (Å²) in [6.45, 7) is 2.38. The molecule has 7 nitrogen and oxygen atoms in total. The summed E-state index contributed by atoms with van der Waals surface area (Å²) >= 11 is 0. The molecule has 2 aromatic rings. The first-order valence-electron chi connectivity index (χ1n) is 11.1. The molecule has 1 aliphatic carbocycles. The molecule has 0 N–H and O–H groups in total. The predicted molar refractivity (Wildman–Crippen MR) is 121 cm³/mol. The van der Waals surface area contributed by atoms with Crippen LogP contribution in [-0.4, -0.2) is 43.2 Å². The highest BCUT2D eigenvalue weighted by atomic mass is 32.2. The third kappa shape index (κ3) is 4.29. The number of rotatable bonds is 7. The second-order valence-corrected chi connectivity index (χ2v) is 10.00. The molecule has 1 saturated carbocycles. The van der Waals surface area contributed by atoms with E-state index in [1.807, 2.05) is 6.92 Å². The molecular weight excluding hydrogens is 428 g/mol. The van der Waals surface area contributed by atoms with Gasteiger partial charge < -0.3 is 4.74 Å². The molecule has 2 fully saturated rings. The van der Waals surface area contributed by atoms with Gasteiger partial charge in [0.15, 0.2) is 0 Å². The van der Waals surface area contributed by atoms with E-state index in [-0.39, 0.29) is 17.4 Å². The lowest BCUT2D eigenvalue weighted by atomic mass is 9.94. The van der Waals surface area contributed by atoms with E-state index in [1.165, 1.54) is 16.4 Å². The van der Waals surface area contributed by atoms with E-state index in [2.05, 4.69) is 0 Å². The lowest BCUT2D eigenvalue weighted by molar-refractivity contribution is -0.122. The number of hydrogen-bond donors (Lipinski definition) is 0. The fraction of sp³-hybridized carbons (Fsp3) is 0.417. The molecule has 1 unspecified atom stereocenters. The van der Waals surface area contributed by atoms with E-state index in [9.17, 15) is 18.0 Å². The Hall–Kier alpha value is -2.71. The van der Waals surface area contributed by atoms with Crippen LogP contribution in [0.2, 0.25) is 0 Å². The van der Waals surface area contributed by atoms with Crippen molar-refractivity contribution in [3.8, 4) is 5.75 Å². The van der Waals surface area contributed by atoms with Gasteiger partial charge in [0.1, 0.15) is 11.8 Å². The number of hydrogen-bond acceptors (Lipinski definition) is 5. The van der Waals surface area contributed by atoms with Crippen molar-refractivity contribution in [3.63, 3.8) is 0 Å². The standard InChI is InChI=1S/C24H28N2O5S/c1-2-31-20-15-13-18(14-16-20)25-23(27)17-22(24(25)28)26(19-9-5-3-6-10-19)32(29,30)21-11-7-4-8-12-21/h4,7-8,11-16,19,22H,2-3,5-6,9-10,17H2,1H3. The van der Waals surface area contributed by atoms with Gasteiger partial charge in [-0.15, -0.1) is 0 Å². The summed E-state index contributed by atoms with van der Waals surface area (Å²) in [5.41, 5.74) is 0.423. The number of carbonyl (C=O) groups excluding carboxylic acids is 2. The summed E-state index contributed by atoms with van der Waals surface area (Å²) in [7, 11) is -3.95. The Morgan fingerprint density at radius 2 is 1.62 bits per heavy atom. The second kappa shape index (κ2) is 9.42. The van der Waals surface area contributed by atoms with E-state index < -0.39 is 27.9 Å². The van der Waals surface area contributed by atoms with Crippen LogP contribution in [0, 0.1) is 0 Å². The van der Waals surface area contributed by atoms with E-state index in [0.717, 1.165) is 24.2 Å². The third-order valence-corrected chi connectivity index (χ3v) is 8.06. The number of imide groups is 1. The lowest BCUT2D eigenvalue weighted by Gasteiger charge is -2.36. The van der Waals surface area contributed by atoms with Crippen LogP contribution in [0.25, 0.3) is 0 Å². The second-order valence-electron chi connectivity index (χ2n) is 8.15. The van der Waals surface area contributed by atoms with E-state index in [0.29, 0.717) is 30.9 Å².